The fraction of sp³-hybridized carbons (Fsp3) is 0.333. The molecule has 1 aromatic heterocycles. The molecule has 0 bridgehead atoms. The second kappa shape index (κ2) is 2.47. The lowest BCUT2D eigenvalue weighted by molar-refractivity contribution is 0.472. The van der Waals surface area contributed by atoms with Crippen molar-refractivity contribution in [3.05, 3.63) is 5.69 Å². The molecule has 1 rings (SSSR count). The molecule has 0 aromatic carbocycles. The van der Waals surface area contributed by atoms with Crippen molar-refractivity contribution >= 4 is 10.1 Å². The molecule has 0 radical (unpaired) electrons. The zero-order valence-corrected chi connectivity index (χ0v) is 6.28. The molecule has 0 fully saturated rings. The van der Waals surface area contributed by atoms with Crippen molar-refractivity contribution in [2.45, 2.75) is 11.9 Å². The van der Waals surface area contributed by atoms with E-state index in [0.29, 0.717) is 0 Å². The summed E-state index contributed by atoms with van der Waals surface area (Å²) in [5, 5.41) is 11.8. The van der Waals surface area contributed by atoms with Crippen LogP contribution < -0.4 is 0 Å². The molecule has 1 heterocycles. The van der Waals surface area contributed by atoms with Gasteiger partial charge in [-0.2, -0.15) is 8.42 Å². The molecule has 1 N–H and O–H groups in total. The predicted molar refractivity (Wildman–Crippen MR) is 32.2 cm³/mol. The van der Waals surface area contributed by atoms with Crippen molar-refractivity contribution in [2.75, 3.05) is 0 Å². The molecular weight excluding hydrogens is 172 g/mol. The lowest BCUT2D eigenvalue weighted by Crippen LogP contribution is -2.08. The van der Waals surface area contributed by atoms with E-state index in [1.165, 1.54) is 6.92 Å². The SMILES string of the molecule is Cc1nnnnc1S(=O)(=O)O. The zero-order chi connectivity index (χ0) is 8.48. The molecule has 0 saturated heterocycles. The van der Waals surface area contributed by atoms with Gasteiger partial charge >= 0.3 is 10.1 Å². The second-order valence-electron chi connectivity index (χ2n) is 1.74. The van der Waals surface area contributed by atoms with Gasteiger partial charge in [-0.25, -0.2) is 0 Å². The molecule has 0 aliphatic rings. The third-order valence-electron chi connectivity index (χ3n) is 0.924. The largest absolute Gasteiger partial charge is 0.316 e. The average Bonchev–Trinajstić information content (AvgIpc) is 1.86. The molecular formula is C3H4N4O3S. The van der Waals surface area contributed by atoms with Gasteiger partial charge in [0.2, 0.25) is 5.03 Å². The quantitative estimate of drug-likeness (QED) is 0.537. The summed E-state index contributed by atoms with van der Waals surface area (Å²) < 4.78 is 29.3. The highest BCUT2D eigenvalue weighted by molar-refractivity contribution is 7.85. The smallest absolute Gasteiger partial charge is 0.281 e. The number of aryl methyl sites for hydroxylation is 1. The van der Waals surface area contributed by atoms with Crippen LogP contribution >= 0.6 is 0 Å². The maximum absolute atomic E-state index is 10.4. The molecule has 0 saturated carbocycles. The first-order valence-corrected chi connectivity index (χ1v) is 3.96. The molecule has 8 heteroatoms. The third kappa shape index (κ3) is 1.65. The highest BCUT2D eigenvalue weighted by Gasteiger charge is 2.16. The number of hydrogen-bond donors (Lipinski definition) is 1. The Balaban J connectivity index is 3.37. The van der Waals surface area contributed by atoms with Gasteiger partial charge in [0.1, 0.15) is 5.69 Å². The van der Waals surface area contributed by atoms with Crippen LogP contribution in [0.1, 0.15) is 5.69 Å². The van der Waals surface area contributed by atoms with Crippen LogP contribution in [0, 0.1) is 6.92 Å². The number of rotatable bonds is 1. The van der Waals surface area contributed by atoms with Gasteiger partial charge in [0, 0.05) is 0 Å². The van der Waals surface area contributed by atoms with Crippen LogP contribution in [0.5, 0.6) is 0 Å². The first-order valence-electron chi connectivity index (χ1n) is 2.52. The van der Waals surface area contributed by atoms with Crippen molar-refractivity contribution in [3.63, 3.8) is 0 Å². The first kappa shape index (κ1) is 7.95. The van der Waals surface area contributed by atoms with Crippen LogP contribution in [0.3, 0.4) is 0 Å². The highest BCUT2D eigenvalue weighted by atomic mass is 32.2. The second-order valence-corrected chi connectivity index (χ2v) is 3.08. The van der Waals surface area contributed by atoms with Crippen LogP contribution in [-0.2, 0) is 10.1 Å². The Bertz CT molecular complexity index is 361. The van der Waals surface area contributed by atoms with Crippen molar-refractivity contribution in [1.29, 1.82) is 0 Å². The number of aromatic nitrogens is 4. The Morgan fingerprint density at radius 3 is 2.18 bits per heavy atom. The summed E-state index contributed by atoms with van der Waals surface area (Å²) in [6.45, 7) is 1.35. The predicted octanol–water partition coefficient (Wildman–Crippen LogP) is -1.18. The molecule has 0 spiro atoms. The lowest BCUT2D eigenvalue weighted by atomic mass is 10.6. The lowest BCUT2D eigenvalue weighted by Gasteiger charge is -1.94. The Hall–Kier alpha value is -1.15. The number of nitrogens with zero attached hydrogens (tertiary/aromatic N) is 4. The van der Waals surface area contributed by atoms with Gasteiger partial charge in [-0.15, -0.1) is 10.2 Å². The maximum atomic E-state index is 10.4. The van der Waals surface area contributed by atoms with Crippen LogP contribution in [0.2, 0.25) is 0 Å². The third-order valence-corrected chi connectivity index (χ3v) is 1.79. The molecule has 0 atom stereocenters. The Labute approximate surface area is 62.2 Å². The fourth-order valence-corrected chi connectivity index (χ4v) is 1.05. The van der Waals surface area contributed by atoms with E-state index in [2.05, 4.69) is 20.6 Å². The van der Waals surface area contributed by atoms with Gasteiger partial charge in [0.15, 0.2) is 0 Å². The standard InChI is InChI=1S/C3H4N4O3S/c1-2-3(11(8,9)10)5-7-6-4-2/h1H3,(H,8,9,10). The monoisotopic (exact) mass is 176 g/mol. The molecule has 1 aromatic rings. The molecule has 11 heavy (non-hydrogen) atoms. The van der Waals surface area contributed by atoms with Crippen molar-refractivity contribution < 1.29 is 13.0 Å². The van der Waals surface area contributed by atoms with E-state index in [0.717, 1.165) is 0 Å². The van der Waals surface area contributed by atoms with Gasteiger partial charge < -0.3 is 0 Å². The number of hydrogen-bond acceptors (Lipinski definition) is 6. The zero-order valence-electron chi connectivity index (χ0n) is 5.46. The Kier molecular flexibility index (Phi) is 1.79. The topological polar surface area (TPSA) is 106 Å². The van der Waals surface area contributed by atoms with E-state index in [4.69, 9.17) is 4.55 Å². The summed E-state index contributed by atoms with van der Waals surface area (Å²) in [7, 11) is -4.31. The summed E-state index contributed by atoms with van der Waals surface area (Å²) >= 11 is 0. The summed E-state index contributed by atoms with van der Waals surface area (Å²) in [6.07, 6.45) is 0. The van der Waals surface area contributed by atoms with Gasteiger partial charge in [-0.3, -0.25) is 4.55 Å². The fourth-order valence-electron chi connectivity index (χ4n) is 0.501. The summed E-state index contributed by atoms with van der Waals surface area (Å²) in [5.74, 6) is 0. The summed E-state index contributed by atoms with van der Waals surface area (Å²) in [5.41, 5.74) is 0.0162. The normalized spacial score (nSPS) is 11.5. The highest BCUT2D eigenvalue weighted by Crippen LogP contribution is 2.03. The van der Waals surface area contributed by atoms with E-state index in [-0.39, 0.29) is 5.69 Å². The van der Waals surface area contributed by atoms with Crippen molar-refractivity contribution in [1.82, 2.24) is 20.6 Å². The van der Waals surface area contributed by atoms with E-state index in [1.807, 2.05) is 0 Å². The minimum atomic E-state index is -4.31. The minimum Gasteiger partial charge on any atom is -0.281 e. The van der Waals surface area contributed by atoms with Crippen LogP contribution in [0.15, 0.2) is 5.03 Å². The van der Waals surface area contributed by atoms with Gasteiger partial charge in [0.25, 0.3) is 0 Å². The van der Waals surface area contributed by atoms with Gasteiger partial charge in [-0.05, 0) is 17.4 Å². The maximum Gasteiger partial charge on any atom is 0.316 e. The van der Waals surface area contributed by atoms with Gasteiger partial charge in [0.05, 0.1) is 0 Å². The van der Waals surface area contributed by atoms with Crippen LogP contribution in [-0.4, -0.2) is 33.6 Å². The van der Waals surface area contributed by atoms with E-state index < -0.39 is 15.1 Å². The van der Waals surface area contributed by atoms with E-state index in [1.54, 1.807) is 0 Å². The Morgan fingerprint density at radius 1 is 1.27 bits per heavy atom. The molecule has 0 aliphatic carbocycles. The molecule has 0 unspecified atom stereocenters. The van der Waals surface area contributed by atoms with E-state index >= 15 is 0 Å². The molecule has 7 nitrogen and oxygen atoms in total. The molecule has 60 valence electrons. The van der Waals surface area contributed by atoms with E-state index in [9.17, 15) is 8.42 Å². The molecule has 0 amide bonds. The molecule has 0 aliphatic heterocycles. The minimum absolute atomic E-state index is 0.0162. The van der Waals surface area contributed by atoms with Crippen molar-refractivity contribution in [3.8, 4) is 0 Å². The summed E-state index contributed by atoms with van der Waals surface area (Å²) in [4.78, 5) is 0. The van der Waals surface area contributed by atoms with Gasteiger partial charge in [-0.1, -0.05) is 0 Å². The van der Waals surface area contributed by atoms with Crippen molar-refractivity contribution in [2.24, 2.45) is 0 Å². The van der Waals surface area contributed by atoms with Crippen LogP contribution in [0.25, 0.3) is 0 Å². The summed E-state index contributed by atoms with van der Waals surface area (Å²) in [6, 6.07) is 0. The Morgan fingerprint density at radius 2 is 1.82 bits per heavy atom. The first-order chi connectivity index (χ1) is 5.02. The van der Waals surface area contributed by atoms with Crippen LogP contribution in [0.4, 0.5) is 0 Å². The average molecular weight is 176 g/mol.